The zero-order valence-electron chi connectivity index (χ0n) is 7.69. The molecule has 2 rings (SSSR count). The SMILES string of the molecule is Cn1c(O)c(-c2ccccc2)[nH]c1=O. The van der Waals surface area contributed by atoms with Crippen molar-refractivity contribution in [3.8, 4) is 17.1 Å². The van der Waals surface area contributed by atoms with Crippen LogP contribution in [0.25, 0.3) is 11.3 Å². The van der Waals surface area contributed by atoms with Crippen molar-refractivity contribution in [2.24, 2.45) is 7.05 Å². The van der Waals surface area contributed by atoms with Gasteiger partial charge in [0, 0.05) is 12.6 Å². The number of hydrogen-bond donors (Lipinski definition) is 2. The van der Waals surface area contributed by atoms with E-state index in [1.54, 1.807) is 0 Å². The van der Waals surface area contributed by atoms with Crippen LogP contribution in [0.15, 0.2) is 35.1 Å². The summed E-state index contributed by atoms with van der Waals surface area (Å²) in [6.07, 6.45) is 0. The molecular formula is C10H10N2O2. The molecule has 2 N–H and O–H groups in total. The van der Waals surface area contributed by atoms with Gasteiger partial charge in [0.25, 0.3) is 0 Å². The number of H-pyrrole nitrogens is 1. The first-order valence-corrected chi connectivity index (χ1v) is 4.23. The number of nitrogens with zero attached hydrogens (tertiary/aromatic N) is 1. The highest BCUT2D eigenvalue weighted by atomic mass is 16.3. The quantitative estimate of drug-likeness (QED) is 0.707. The fourth-order valence-corrected chi connectivity index (χ4v) is 1.32. The van der Waals surface area contributed by atoms with E-state index in [4.69, 9.17) is 0 Å². The molecule has 0 unspecified atom stereocenters. The van der Waals surface area contributed by atoms with Crippen LogP contribution in [0.1, 0.15) is 0 Å². The lowest BCUT2D eigenvalue weighted by Gasteiger charge is -1.97. The predicted molar refractivity (Wildman–Crippen MR) is 53.1 cm³/mol. The minimum atomic E-state index is -0.318. The molecule has 0 saturated carbocycles. The van der Waals surface area contributed by atoms with E-state index >= 15 is 0 Å². The van der Waals surface area contributed by atoms with Gasteiger partial charge in [0.15, 0.2) is 0 Å². The summed E-state index contributed by atoms with van der Waals surface area (Å²) in [5, 5.41) is 9.60. The monoisotopic (exact) mass is 190 g/mol. The average Bonchev–Trinajstić information content (AvgIpc) is 2.47. The third-order valence-corrected chi connectivity index (χ3v) is 2.14. The Morgan fingerprint density at radius 1 is 1.29 bits per heavy atom. The number of rotatable bonds is 1. The molecule has 1 aromatic carbocycles. The maximum absolute atomic E-state index is 11.2. The summed E-state index contributed by atoms with van der Waals surface area (Å²) in [6, 6.07) is 9.22. The molecule has 4 nitrogen and oxygen atoms in total. The maximum atomic E-state index is 11.2. The first-order chi connectivity index (χ1) is 6.70. The zero-order chi connectivity index (χ0) is 10.1. The van der Waals surface area contributed by atoms with E-state index in [0.717, 1.165) is 5.56 Å². The summed E-state index contributed by atoms with van der Waals surface area (Å²) in [7, 11) is 1.51. The van der Waals surface area contributed by atoms with Gasteiger partial charge in [-0.15, -0.1) is 0 Å². The van der Waals surface area contributed by atoms with Gasteiger partial charge in [-0.2, -0.15) is 0 Å². The molecule has 1 aromatic heterocycles. The van der Waals surface area contributed by atoms with Crippen LogP contribution in [0.4, 0.5) is 0 Å². The molecule has 72 valence electrons. The average molecular weight is 190 g/mol. The molecule has 1 heterocycles. The van der Waals surface area contributed by atoms with Gasteiger partial charge in [0.05, 0.1) is 0 Å². The highest BCUT2D eigenvalue weighted by molar-refractivity contribution is 5.63. The molecule has 14 heavy (non-hydrogen) atoms. The Labute approximate surface area is 80.4 Å². The third-order valence-electron chi connectivity index (χ3n) is 2.14. The molecule has 4 heteroatoms. The highest BCUT2D eigenvalue weighted by Gasteiger charge is 2.10. The standard InChI is InChI=1S/C10H10N2O2/c1-12-9(13)8(11-10(12)14)7-5-3-2-4-6-7/h2-6,13H,1H3,(H,11,14). The van der Waals surface area contributed by atoms with Crippen molar-refractivity contribution >= 4 is 0 Å². The summed E-state index contributed by atoms with van der Waals surface area (Å²) in [6.45, 7) is 0. The van der Waals surface area contributed by atoms with Crippen LogP contribution in [0, 0.1) is 0 Å². The smallest absolute Gasteiger partial charge is 0.328 e. The predicted octanol–water partition coefficient (Wildman–Crippen LogP) is 1.09. The molecule has 2 aromatic rings. The Morgan fingerprint density at radius 2 is 1.93 bits per heavy atom. The van der Waals surface area contributed by atoms with E-state index in [-0.39, 0.29) is 11.6 Å². The van der Waals surface area contributed by atoms with Gasteiger partial charge in [-0.25, -0.2) is 4.79 Å². The van der Waals surface area contributed by atoms with Crippen molar-refractivity contribution < 1.29 is 5.11 Å². The Kier molecular flexibility index (Phi) is 1.89. The molecule has 0 saturated heterocycles. The Bertz CT molecular complexity index is 497. The van der Waals surface area contributed by atoms with Gasteiger partial charge in [-0.05, 0) is 0 Å². The van der Waals surface area contributed by atoms with Gasteiger partial charge in [0.2, 0.25) is 5.88 Å². The van der Waals surface area contributed by atoms with E-state index in [1.165, 1.54) is 11.6 Å². The molecule has 0 aliphatic carbocycles. The molecular weight excluding hydrogens is 180 g/mol. The van der Waals surface area contributed by atoms with Gasteiger partial charge in [-0.3, -0.25) is 4.57 Å². The molecule has 0 bridgehead atoms. The normalized spacial score (nSPS) is 10.4. The fourth-order valence-electron chi connectivity index (χ4n) is 1.32. The molecule has 0 atom stereocenters. The van der Waals surface area contributed by atoms with Gasteiger partial charge >= 0.3 is 5.69 Å². The lowest BCUT2D eigenvalue weighted by atomic mass is 10.2. The molecule has 0 aliphatic heterocycles. The second kappa shape index (κ2) is 3.06. The van der Waals surface area contributed by atoms with Crippen LogP contribution in [-0.4, -0.2) is 14.7 Å². The van der Waals surface area contributed by atoms with Gasteiger partial charge in [0.1, 0.15) is 5.69 Å². The van der Waals surface area contributed by atoms with E-state index < -0.39 is 0 Å². The van der Waals surface area contributed by atoms with Crippen molar-refractivity contribution in [2.75, 3.05) is 0 Å². The lowest BCUT2D eigenvalue weighted by Crippen LogP contribution is -2.11. The summed E-state index contributed by atoms with van der Waals surface area (Å²) in [5.41, 5.74) is 0.933. The van der Waals surface area contributed by atoms with Crippen LogP contribution >= 0.6 is 0 Å². The number of aromatic nitrogens is 2. The summed E-state index contributed by atoms with van der Waals surface area (Å²) < 4.78 is 1.17. The largest absolute Gasteiger partial charge is 0.493 e. The number of imidazole rings is 1. The number of aromatic amines is 1. The fraction of sp³-hybridized carbons (Fsp3) is 0.100. The van der Waals surface area contributed by atoms with Crippen molar-refractivity contribution in [3.05, 3.63) is 40.8 Å². The second-order valence-electron chi connectivity index (χ2n) is 3.05. The minimum absolute atomic E-state index is 0.0406. The molecule has 0 amide bonds. The van der Waals surface area contributed by atoms with Crippen molar-refractivity contribution in [2.45, 2.75) is 0 Å². The minimum Gasteiger partial charge on any atom is -0.493 e. The van der Waals surface area contributed by atoms with Crippen LogP contribution in [0.2, 0.25) is 0 Å². The van der Waals surface area contributed by atoms with Crippen LogP contribution < -0.4 is 5.69 Å². The zero-order valence-corrected chi connectivity index (χ0v) is 7.69. The topological polar surface area (TPSA) is 58.0 Å². The van der Waals surface area contributed by atoms with Crippen molar-refractivity contribution in [1.82, 2.24) is 9.55 Å². The number of nitrogens with one attached hydrogen (secondary N) is 1. The Balaban J connectivity index is 2.64. The van der Waals surface area contributed by atoms with Gasteiger partial charge < -0.3 is 10.1 Å². The number of hydrogen-bond acceptors (Lipinski definition) is 2. The number of aromatic hydroxyl groups is 1. The first-order valence-electron chi connectivity index (χ1n) is 4.23. The number of benzene rings is 1. The molecule has 0 fully saturated rings. The Morgan fingerprint density at radius 3 is 2.43 bits per heavy atom. The van der Waals surface area contributed by atoms with E-state index in [9.17, 15) is 9.90 Å². The van der Waals surface area contributed by atoms with E-state index in [0.29, 0.717) is 5.69 Å². The lowest BCUT2D eigenvalue weighted by molar-refractivity contribution is 0.431. The maximum Gasteiger partial charge on any atom is 0.328 e. The Hall–Kier alpha value is -1.97. The van der Waals surface area contributed by atoms with Crippen molar-refractivity contribution in [3.63, 3.8) is 0 Å². The summed E-state index contributed by atoms with van der Waals surface area (Å²) in [5.74, 6) is -0.0406. The van der Waals surface area contributed by atoms with Gasteiger partial charge in [-0.1, -0.05) is 30.3 Å². The van der Waals surface area contributed by atoms with Crippen LogP contribution in [0.5, 0.6) is 5.88 Å². The second-order valence-corrected chi connectivity index (χ2v) is 3.05. The third kappa shape index (κ3) is 1.21. The summed E-state index contributed by atoms with van der Waals surface area (Å²) >= 11 is 0. The van der Waals surface area contributed by atoms with Crippen LogP contribution in [0.3, 0.4) is 0 Å². The first kappa shape index (κ1) is 8.62. The van der Waals surface area contributed by atoms with Crippen LogP contribution in [-0.2, 0) is 7.05 Å². The molecule has 0 aliphatic rings. The van der Waals surface area contributed by atoms with Crippen molar-refractivity contribution in [1.29, 1.82) is 0 Å². The highest BCUT2D eigenvalue weighted by Crippen LogP contribution is 2.24. The van der Waals surface area contributed by atoms with E-state index in [1.807, 2.05) is 30.3 Å². The summed E-state index contributed by atoms with van der Waals surface area (Å²) in [4.78, 5) is 13.8. The molecule has 0 radical (unpaired) electrons. The molecule has 0 spiro atoms. The van der Waals surface area contributed by atoms with E-state index in [2.05, 4.69) is 4.98 Å².